The Morgan fingerprint density at radius 2 is 0.949 bits per heavy atom. The van der Waals surface area contributed by atoms with Gasteiger partial charge in [0.2, 0.25) is 11.8 Å². The van der Waals surface area contributed by atoms with Crippen molar-refractivity contribution in [2.24, 2.45) is 0 Å². The average Bonchev–Trinajstić information content (AvgIpc) is 4.11. The van der Waals surface area contributed by atoms with Crippen LogP contribution in [0, 0.1) is 10.8 Å². The molecule has 0 saturated carbocycles. The van der Waals surface area contributed by atoms with Crippen LogP contribution in [0.25, 0.3) is 0 Å². The molecule has 3 saturated heterocycles. The first-order valence-electron chi connectivity index (χ1n) is 25.6. The van der Waals surface area contributed by atoms with Crippen molar-refractivity contribution < 1.29 is 50.8 Å². The number of esters is 1. The lowest BCUT2D eigenvalue weighted by Crippen LogP contribution is -2.53. The number of rotatable bonds is 17. The fourth-order valence-corrected chi connectivity index (χ4v) is 9.91. The highest BCUT2D eigenvalue weighted by Crippen LogP contribution is 2.29. The van der Waals surface area contributed by atoms with Gasteiger partial charge in [-0.15, -0.1) is 0 Å². The van der Waals surface area contributed by atoms with E-state index in [1.165, 1.54) is 12.0 Å². The molecule has 0 aliphatic carbocycles. The monoisotopic (exact) mass is 1090 g/mol. The predicted octanol–water partition coefficient (Wildman–Crippen LogP) is 6.73. The Morgan fingerprint density at radius 3 is 1.32 bits per heavy atom. The molecule has 3 heterocycles. The van der Waals surface area contributed by atoms with Gasteiger partial charge in [-0.05, 0) is 77.7 Å². The lowest BCUT2D eigenvalue weighted by atomic mass is 9.90. The number of benzene rings is 6. The molecule has 3 fully saturated rings. The maximum atomic E-state index is 13.4. The van der Waals surface area contributed by atoms with Crippen LogP contribution >= 0.6 is 0 Å². The molecular formula is C59H62N8O11S. The SMILES string of the molecule is COC(=O)C(C)N1CCN(CC2CN(c3ccc(C(=N)NC(=O)C(c4ccccc4)c4ccccc4)cc3)C(=O)O2)CC1.CS(=O)(=O)OCC1CN(c2ccc(C(=N)NC(=O)C(c3ccccc3)c3ccccc3)cc2)C(=O)O1. The second-order valence-corrected chi connectivity index (χ2v) is 20.7. The number of piperazine rings is 1. The molecule has 3 unspecified atom stereocenters. The molecule has 19 nitrogen and oxygen atoms in total. The third-order valence-electron chi connectivity index (χ3n) is 13.7. The molecule has 0 aromatic heterocycles. The van der Waals surface area contributed by atoms with Crippen molar-refractivity contribution >= 4 is 63.1 Å². The summed E-state index contributed by atoms with van der Waals surface area (Å²) in [5.41, 5.74) is 5.46. The summed E-state index contributed by atoms with van der Waals surface area (Å²) in [6.45, 7) is 5.76. The van der Waals surface area contributed by atoms with E-state index < -0.39 is 40.2 Å². The highest BCUT2D eigenvalue weighted by atomic mass is 32.2. The topological polar surface area (TPSA) is 241 Å². The van der Waals surface area contributed by atoms with E-state index >= 15 is 0 Å². The minimum atomic E-state index is -3.65. The van der Waals surface area contributed by atoms with E-state index in [4.69, 9.17) is 29.2 Å². The molecule has 6 aromatic rings. The van der Waals surface area contributed by atoms with Gasteiger partial charge < -0.3 is 24.8 Å². The Hall–Kier alpha value is -8.56. The van der Waals surface area contributed by atoms with Crippen molar-refractivity contribution in [1.29, 1.82) is 10.8 Å². The minimum Gasteiger partial charge on any atom is -0.468 e. The molecule has 79 heavy (non-hydrogen) atoms. The Morgan fingerprint density at radius 1 is 0.582 bits per heavy atom. The van der Waals surface area contributed by atoms with Gasteiger partial charge >= 0.3 is 18.2 Å². The lowest BCUT2D eigenvalue weighted by Gasteiger charge is -2.37. The summed E-state index contributed by atoms with van der Waals surface area (Å²) in [5, 5.41) is 22.5. The second-order valence-electron chi connectivity index (χ2n) is 19.1. The first-order valence-corrected chi connectivity index (χ1v) is 27.4. The summed E-state index contributed by atoms with van der Waals surface area (Å²) >= 11 is 0. The number of hydrogen-bond donors (Lipinski definition) is 4. The molecule has 410 valence electrons. The van der Waals surface area contributed by atoms with Crippen molar-refractivity contribution in [3.8, 4) is 0 Å². The van der Waals surface area contributed by atoms with Gasteiger partial charge in [0.05, 0.1) is 38.3 Å². The quantitative estimate of drug-likeness (QED) is 0.0244. The zero-order valence-corrected chi connectivity index (χ0v) is 44.7. The molecule has 4 amide bonds. The van der Waals surface area contributed by atoms with Crippen LogP contribution in [0.2, 0.25) is 0 Å². The molecule has 4 N–H and O–H groups in total. The third kappa shape index (κ3) is 14.9. The van der Waals surface area contributed by atoms with E-state index in [-0.39, 0.29) is 54.8 Å². The van der Waals surface area contributed by atoms with Crippen LogP contribution in [0.15, 0.2) is 170 Å². The maximum absolute atomic E-state index is 13.4. The second kappa shape index (κ2) is 26.2. The molecule has 3 atom stereocenters. The van der Waals surface area contributed by atoms with Gasteiger partial charge in [-0.25, -0.2) is 9.59 Å². The fourth-order valence-electron chi connectivity index (χ4n) is 9.51. The zero-order chi connectivity index (χ0) is 56.1. The standard InChI is InChI=1S/C33H37N5O5.C26H25N3O6S/c1-23(32(40)42-2)37-19-17-36(18-20-37)21-28-22-38(33(41)43-28)27-15-13-26(14-16-27)30(34)35-31(39)29(24-9-5-3-6-10-24)25-11-7-4-8-12-25;1-36(32,33)34-17-22-16-29(26(31)35-22)21-14-12-20(13-15-21)24(27)28-25(30)23(18-8-4-2-5-9-18)19-10-6-3-7-11-19/h3-16,23,28-29H,17-22H2,1-2H3,(H2,34,35,39);2-15,22-23H,16-17H2,1H3,(H2,27,28,30). The van der Waals surface area contributed by atoms with Crippen LogP contribution in [-0.4, -0.2) is 144 Å². The molecule has 0 radical (unpaired) electrons. The van der Waals surface area contributed by atoms with Crippen LogP contribution in [-0.2, 0) is 42.9 Å². The van der Waals surface area contributed by atoms with Gasteiger partial charge in [0.1, 0.15) is 36.5 Å². The van der Waals surface area contributed by atoms with Crippen LogP contribution in [0.3, 0.4) is 0 Å². The highest BCUT2D eigenvalue weighted by molar-refractivity contribution is 7.86. The van der Waals surface area contributed by atoms with E-state index in [1.54, 1.807) is 53.4 Å². The fraction of sp³-hybridized carbons (Fsp3) is 0.271. The number of amidine groups is 2. The molecule has 9 rings (SSSR count). The number of anilines is 2. The Bertz CT molecular complexity index is 3130. The van der Waals surface area contributed by atoms with Crippen molar-refractivity contribution in [3.63, 3.8) is 0 Å². The van der Waals surface area contributed by atoms with Gasteiger partial charge in [0.15, 0.2) is 0 Å². The van der Waals surface area contributed by atoms with Crippen LogP contribution in [0.1, 0.15) is 52.1 Å². The number of methoxy groups -OCH3 is 1. The van der Waals surface area contributed by atoms with E-state index in [0.717, 1.165) is 54.7 Å². The average molecular weight is 1090 g/mol. The number of carbonyl (C=O) groups is 5. The van der Waals surface area contributed by atoms with Crippen LogP contribution in [0.4, 0.5) is 21.0 Å². The number of carbonyl (C=O) groups excluding carboxylic acids is 5. The smallest absolute Gasteiger partial charge is 0.414 e. The normalized spacial score (nSPS) is 17.0. The number of nitrogens with zero attached hydrogens (tertiary/aromatic N) is 4. The van der Waals surface area contributed by atoms with Crippen LogP contribution in [0.5, 0.6) is 0 Å². The lowest BCUT2D eigenvalue weighted by molar-refractivity contribution is -0.147. The summed E-state index contributed by atoms with van der Waals surface area (Å²) in [7, 11) is -2.24. The third-order valence-corrected chi connectivity index (χ3v) is 14.2. The Labute approximate surface area is 459 Å². The van der Waals surface area contributed by atoms with Gasteiger partial charge in [-0.1, -0.05) is 121 Å². The van der Waals surface area contributed by atoms with Gasteiger partial charge in [0.25, 0.3) is 10.1 Å². The van der Waals surface area contributed by atoms with Gasteiger partial charge in [-0.2, -0.15) is 8.42 Å². The van der Waals surface area contributed by atoms with E-state index in [9.17, 15) is 32.4 Å². The van der Waals surface area contributed by atoms with Crippen molar-refractivity contribution in [1.82, 2.24) is 20.4 Å². The largest absolute Gasteiger partial charge is 0.468 e. The number of ether oxygens (including phenoxy) is 3. The number of cyclic esters (lactones) is 2. The number of nitrogens with one attached hydrogen (secondary N) is 4. The van der Waals surface area contributed by atoms with Crippen molar-refractivity contribution in [3.05, 3.63) is 203 Å². The number of amides is 4. The molecule has 20 heteroatoms. The van der Waals surface area contributed by atoms with Gasteiger partial charge in [-0.3, -0.25) is 49.0 Å². The summed E-state index contributed by atoms with van der Waals surface area (Å²) in [6.07, 6.45) is -1.11. The van der Waals surface area contributed by atoms with E-state index in [1.807, 2.05) is 128 Å². The highest BCUT2D eigenvalue weighted by Gasteiger charge is 2.36. The predicted molar refractivity (Wildman–Crippen MR) is 298 cm³/mol. The molecule has 3 aliphatic heterocycles. The Balaban J connectivity index is 0.000000211. The first-order chi connectivity index (χ1) is 38.0. The molecule has 3 aliphatic rings. The molecule has 6 aromatic carbocycles. The van der Waals surface area contributed by atoms with E-state index in [2.05, 4.69) is 20.4 Å². The van der Waals surface area contributed by atoms with E-state index in [0.29, 0.717) is 35.6 Å². The van der Waals surface area contributed by atoms with Crippen molar-refractivity contribution in [2.75, 3.05) is 75.6 Å². The van der Waals surface area contributed by atoms with Crippen molar-refractivity contribution in [2.45, 2.75) is 37.0 Å². The van der Waals surface area contributed by atoms with Crippen LogP contribution < -0.4 is 20.4 Å². The maximum Gasteiger partial charge on any atom is 0.414 e. The zero-order valence-electron chi connectivity index (χ0n) is 43.9. The summed E-state index contributed by atoms with van der Waals surface area (Å²) in [5.74, 6) is -2.10. The molecule has 0 spiro atoms. The molecular weight excluding hydrogens is 1030 g/mol. The molecule has 0 bridgehead atoms. The minimum absolute atomic E-state index is 0.0176. The first kappa shape index (κ1) is 56.6. The summed E-state index contributed by atoms with van der Waals surface area (Å²) < 4.78 is 42.7. The Kier molecular flexibility index (Phi) is 18.8. The van der Waals surface area contributed by atoms with Gasteiger partial charge in [0, 0.05) is 55.2 Å². The summed E-state index contributed by atoms with van der Waals surface area (Å²) in [6, 6.07) is 50.9. The summed E-state index contributed by atoms with van der Waals surface area (Å²) in [4.78, 5) is 70.7. The number of hydrogen-bond acceptors (Lipinski definition) is 15.